The van der Waals surface area contributed by atoms with Gasteiger partial charge in [-0.2, -0.15) is 0 Å². The number of carbonyl (C=O) groups is 4. The lowest BCUT2D eigenvalue weighted by Gasteiger charge is -2.17. The molecule has 0 spiro atoms. The summed E-state index contributed by atoms with van der Waals surface area (Å²) in [4.78, 5) is 53.4. The summed E-state index contributed by atoms with van der Waals surface area (Å²) >= 11 is 7.59. The molecule has 34 heavy (non-hydrogen) atoms. The maximum Gasteiger partial charge on any atom is 0.293 e. The highest BCUT2D eigenvalue weighted by Crippen LogP contribution is 2.35. The second kappa shape index (κ2) is 9.82. The number of rotatable bonds is 5. The normalized spacial score (nSPS) is 18.8. The van der Waals surface area contributed by atoms with Crippen LogP contribution in [0.5, 0.6) is 0 Å². The molecule has 0 unspecified atom stereocenters. The molecule has 2 aromatic rings. The van der Waals surface area contributed by atoms with Gasteiger partial charge < -0.3 is 0 Å². The maximum absolute atomic E-state index is 12.9. The van der Waals surface area contributed by atoms with Crippen LogP contribution in [0.4, 0.5) is 9.59 Å². The van der Waals surface area contributed by atoms with Crippen molar-refractivity contribution in [3.8, 4) is 0 Å². The Labute approximate surface area is 211 Å². The zero-order chi connectivity index (χ0) is 24.6. The van der Waals surface area contributed by atoms with Crippen LogP contribution in [0.1, 0.15) is 27.8 Å². The van der Waals surface area contributed by atoms with Crippen molar-refractivity contribution in [2.75, 3.05) is 13.1 Å². The highest BCUT2D eigenvalue weighted by atomic mass is 35.5. The number of amides is 4. The van der Waals surface area contributed by atoms with Gasteiger partial charge in [-0.3, -0.25) is 29.0 Å². The number of imide groups is 2. The number of halogens is 1. The molecule has 2 aromatic carbocycles. The van der Waals surface area contributed by atoms with E-state index in [2.05, 4.69) is 0 Å². The summed E-state index contributed by atoms with van der Waals surface area (Å²) in [5.41, 5.74) is 4.83. The Bertz CT molecular complexity index is 1260. The monoisotopic (exact) mass is 512 g/mol. The minimum absolute atomic E-state index is 0.0554. The summed E-state index contributed by atoms with van der Waals surface area (Å²) in [6.07, 6.45) is 3.36. The highest BCUT2D eigenvalue weighted by Gasteiger charge is 2.39. The van der Waals surface area contributed by atoms with Gasteiger partial charge in [-0.15, -0.1) is 0 Å². The van der Waals surface area contributed by atoms with Gasteiger partial charge in [0.25, 0.3) is 22.3 Å². The van der Waals surface area contributed by atoms with Gasteiger partial charge in [0, 0.05) is 18.1 Å². The lowest BCUT2D eigenvalue weighted by atomic mass is 9.99. The van der Waals surface area contributed by atoms with E-state index >= 15 is 0 Å². The predicted molar refractivity (Wildman–Crippen MR) is 137 cm³/mol. The van der Waals surface area contributed by atoms with E-state index in [1.54, 1.807) is 36.4 Å². The summed E-state index contributed by atoms with van der Waals surface area (Å²) in [7, 11) is 0. The van der Waals surface area contributed by atoms with Gasteiger partial charge in [0.15, 0.2) is 0 Å². The van der Waals surface area contributed by atoms with Crippen molar-refractivity contribution in [1.29, 1.82) is 0 Å². The lowest BCUT2D eigenvalue weighted by Crippen LogP contribution is -2.39. The molecule has 0 bridgehead atoms. The van der Waals surface area contributed by atoms with Crippen molar-refractivity contribution in [3.05, 3.63) is 79.0 Å². The van der Waals surface area contributed by atoms with Crippen molar-refractivity contribution in [3.63, 3.8) is 0 Å². The van der Waals surface area contributed by atoms with Crippen LogP contribution in [-0.2, 0) is 9.59 Å². The molecule has 2 heterocycles. The molecule has 0 saturated carbocycles. The third-order valence-corrected chi connectivity index (χ3v) is 7.54. The van der Waals surface area contributed by atoms with Crippen LogP contribution >= 0.6 is 35.1 Å². The summed E-state index contributed by atoms with van der Waals surface area (Å²) in [6, 6.07) is 11.0. The highest BCUT2D eigenvalue weighted by molar-refractivity contribution is 8.18. The number of aryl methyl sites for hydroxylation is 3. The third-order valence-electron chi connectivity index (χ3n) is 5.48. The zero-order valence-corrected chi connectivity index (χ0v) is 21.1. The molecule has 2 aliphatic heterocycles. The van der Waals surface area contributed by atoms with Crippen molar-refractivity contribution in [2.24, 2.45) is 0 Å². The van der Waals surface area contributed by atoms with E-state index in [0.717, 1.165) is 61.1 Å². The van der Waals surface area contributed by atoms with Gasteiger partial charge in [0.2, 0.25) is 0 Å². The lowest BCUT2D eigenvalue weighted by molar-refractivity contribution is -0.125. The average Bonchev–Trinajstić information content (AvgIpc) is 3.19. The molecular weight excluding hydrogens is 492 g/mol. The summed E-state index contributed by atoms with van der Waals surface area (Å²) in [5.74, 6) is -0.864. The third kappa shape index (κ3) is 4.99. The fourth-order valence-corrected chi connectivity index (χ4v) is 5.68. The Morgan fingerprint density at radius 2 is 1.24 bits per heavy atom. The van der Waals surface area contributed by atoms with Gasteiger partial charge in [0.1, 0.15) is 0 Å². The number of thioether (sulfide) groups is 2. The minimum atomic E-state index is -0.446. The van der Waals surface area contributed by atoms with E-state index in [9.17, 15) is 19.2 Å². The standard InChI is InChI=1S/C25H21ClN2O4S2/c1-14-10-15(2)19(16(3)11-14)13-21-23(30)28(25(32)34-21)9-8-27-22(29)20(33-24(27)31)12-17-4-6-18(26)7-5-17/h4-7,10-13H,8-9H2,1-3H3/b20-12-,21-13+. The first-order valence-corrected chi connectivity index (χ1v) is 12.5. The smallest absolute Gasteiger partial charge is 0.268 e. The Morgan fingerprint density at radius 3 is 1.74 bits per heavy atom. The molecule has 6 nitrogen and oxygen atoms in total. The van der Waals surface area contributed by atoms with Crippen molar-refractivity contribution in [1.82, 2.24) is 9.80 Å². The van der Waals surface area contributed by atoms with Crippen molar-refractivity contribution in [2.45, 2.75) is 20.8 Å². The van der Waals surface area contributed by atoms with Gasteiger partial charge in [-0.25, -0.2) is 0 Å². The summed E-state index contributed by atoms with van der Waals surface area (Å²) in [6.45, 7) is 5.82. The summed E-state index contributed by atoms with van der Waals surface area (Å²) < 4.78 is 0. The molecular formula is C25H21ClN2O4S2. The van der Waals surface area contributed by atoms with E-state index in [4.69, 9.17) is 11.6 Å². The number of hydrogen-bond donors (Lipinski definition) is 0. The number of carbonyl (C=O) groups excluding carboxylic acids is 4. The summed E-state index contributed by atoms with van der Waals surface area (Å²) in [5, 5.41) is -0.273. The number of hydrogen-bond acceptors (Lipinski definition) is 6. The van der Waals surface area contributed by atoms with Crippen LogP contribution in [0.15, 0.2) is 46.2 Å². The first-order chi connectivity index (χ1) is 16.1. The molecule has 4 rings (SSSR count). The van der Waals surface area contributed by atoms with Gasteiger partial charge in [-0.1, -0.05) is 41.4 Å². The first kappa shape index (κ1) is 24.3. The zero-order valence-electron chi connectivity index (χ0n) is 18.8. The van der Waals surface area contributed by atoms with Crippen LogP contribution < -0.4 is 0 Å². The fraction of sp³-hybridized carbons (Fsp3) is 0.200. The van der Waals surface area contributed by atoms with Crippen LogP contribution in [0.2, 0.25) is 5.02 Å². The molecule has 0 radical (unpaired) electrons. The molecule has 0 atom stereocenters. The van der Waals surface area contributed by atoms with E-state index in [-0.39, 0.29) is 18.0 Å². The molecule has 0 aliphatic carbocycles. The van der Waals surface area contributed by atoms with E-state index in [1.807, 2.05) is 32.9 Å². The molecule has 2 aliphatic rings. The van der Waals surface area contributed by atoms with Crippen molar-refractivity contribution >= 4 is 69.6 Å². The maximum atomic E-state index is 12.9. The first-order valence-electron chi connectivity index (χ1n) is 10.5. The fourth-order valence-electron chi connectivity index (χ4n) is 3.85. The Kier molecular flexibility index (Phi) is 7.02. The second-order valence-electron chi connectivity index (χ2n) is 8.03. The number of nitrogens with zero attached hydrogens (tertiary/aromatic N) is 2. The van der Waals surface area contributed by atoms with Crippen LogP contribution in [0.25, 0.3) is 12.2 Å². The number of benzene rings is 2. The minimum Gasteiger partial charge on any atom is -0.268 e. The topological polar surface area (TPSA) is 74.8 Å². The Morgan fingerprint density at radius 1 is 0.765 bits per heavy atom. The average molecular weight is 513 g/mol. The van der Waals surface area contributed by atoms with Gasteiger partial charge >= 0.3 is 0 Å². The van der Waals surface area contributed by atoms with E-state index < -0.39 is 22.3 Å². The SMILES string of the molecule is Cc1cc(C)c(/C=C2/SC(=O)N(CCN3C(=O)S/C(=C\c4ccc(Cl)cc4)C3=O)C2=O)c(C)c1. The largest absolute Gasteiger partial charge is 0.293 e. The molecule has 9 heteroatoms. The molecule has 0 aromatic heterocycles. The van der Waals surface area contributed by atoms with Crippen LogP contribution in [0.3, 0.4) is 0 Å². The molecule has 174 valence electrons. The molecule has 2 saturated heterocycles. The molecule has 0 N–H and O–H groups in total. The Balaban J connectivity index is 1.46. The second-order valence-corrected chi connectivity index (χ2v) is 10.5. The quantitative estimate of drug-likeness (QED) is 0.455. The van der Waals surface area contributed by atoms with E-state index in [0.29, 0.717) is 9.93 Å². The van der Waals surface area contributed by atoms with Crippen molar-refractivity contribution < 1.29 is 19.2 Å². The van der Waals surface area contributed by atoms with E-state index in [1.165, 1.54) is 0 Å². The van der Waals surface area contributed by atoms with Crippen LogP contribution in [0, 0.1) is 20.8 Å². The van der Waals surface area contributed by atoms with Gasteiger partial charge in [0.05, 0.1) is 9.81 Å². The van der Waals surface area contributed by atoms with Gasteiger partial charge in [-0.05, 0) is 90.8 Å². The van der Waals surface area contributed by atoms with Crippen LogP contribution in [-0.4, -0.2) is 45.2 Å². The Hall–Kier alpha value is -2.81. The molecule has 2 fully saturated rings. The predicted octanol–water partition coefficient (Wildman–Crippen LogP) is 6.04. The molecule has 4 amide bonds.